The number of benzene rings is 12. The molecule has 0 radical (unpaired) electrons. The Balaban J connectivity index is 0.0000000980. The second kappa shape index (κ2) is 26.9. The summed E-state index contributed by atoms with van der Waals surface area (Å²) in [4.78, 5) is 19.6. The van der Waals surface area contributed by atoms with Gasteiger partial charge in [-0.15, -0.1) is 34.0 Å². The molecule has 0 aliphatic heterocycles. The first kappa shape index (κ1) is 69.3. The number of fused-ring (bicyclic) bond motifs is 23. The first-order valence-electron chi connectivity index (χ1n) is 37.9. The van der Waals surface area contributed by atoms with E-state index in [2.05, 4.69) is 320 Å². The molecule has 0 aliphatic rings. The van der Waals surface area contributed by atoms with E-state index in [0.717, 1.165) is 89.3 Å². The molecule has 11 heterocycles. The minimum absolute atomic E-state index is 0.939. The van der Waals surface area contributed by atoms with Crippen LogP contribution in [0.1, 0.15) is 44.0 Å². The van der Waals surface area contributed by atoms with Crippen LogP contribution in [0.3, 0.4) is 0 Å². The molecule has 113 heavy (non-hydrogen) atoms. The molecule has 12 aromatic carbocycles. The molecule has 0 saturated carbocycles. The number of hydrogen-bond acceptors (Lipinski definition) is 11. The third-order valence-corrected chi connectivity index (χ3v) is 26.3. The van der Waals surface area contributed by atoms with E-state index in [1.165, 1.54) is 161 Å². The summed E-state index contributed by atoms with van der Waals surface area (Å²) in [5.74, 6) is 0. The van der Waals surface area contributed by atoms with Gasteiger partial charge in [-0.3, -0.25) is 0 Å². The van der Waals surface area contributed by atoms with Crippen LogP contribution in [0.2, 0.25) is 0 Å². The molecule has 0 spiro atoms. The van der Waals surface area contributed by atoms with Crippen LogP contribution < -0.4 is 18.3 Å². The van der Waals surface area contributed by atoms with Crippen molar-refractivity contribution in [3.63, 3.8) is 0 Å². The van der Waals surface area contributed by atoms with Gasteiger partial charge in [-0.2, -0.15) is 0 Å². The Morgan fingerprint density at radius 2 is 0.681 bits per heavy atom. The minimum Gasteiger partial charge on any atom is -0.456 e. The Morgan fingerprint density at radius 1 is 0.310 bits per heavy atom. The van der Waals surface area contributed by atoms with E-state index in [-0.39, 0.29) is 0 Å². The normalized spacial score (nSPS) is 11.9. The molecule has 0 aliphatic carbocycles. The zero-order valence-electron chi connectivity index (χ0n) is 64.5. The fourth-order valence-electron chi connectivity index (χ4n) is 17.2. The molecule has 11 aromatic heterocycles. The zero-order chi connectivity index (χ0) is 76.9. The van der Waals surface area contributed by atoms with E-state index in [1.54, 1.807) is 22.7 Å². The Bertz CT molecular complexity index is 7940. The van der Waals surface area contributed by atoms with Gasteiger partial charge in [-0.25, -0.2) is 18.3 Å². The molecular formula is C98H76N8O4S3+4. The van der Waals surface area contributed by atoms with E-state index in [4.69, 9.17) is 22.7 Å². The lowest BCUT2D eigenvalue weighted by atomic mass is 9.99. The lowest BCUT2D eigenvalue weighted by Gasteiger charge is -2.07. The van der Waals surface area contributed by atoms with Gasteiger partial charge in [-0.1, -0.05) is 126 Å². The van der Waals surface area contributed by atoms with E-state index < -0.39 is 0 Å². The first-order chi connectivity index (χ1) is 55.0. The summed E-state index contributed by atoms with van der Waals surface area (Å²) in [6.45, 7) is 17.1. The van der Waals surface area contributed by atoms with Crippen molar-refractivity contribution >= 4 is 196 Å². The van der Waals surface area contributed by atoms with Crippen LogP contribution in [-0.4, -0.2) is 19.9 Å². The summed E-state index contributed by atoms with van der Waals surface area (Å²) >= 11 is 5.31. The highest BCUT2D eigenvalue weighted by molar-refractivity contribution is 7.19. The smallest absolute Gasteiger partial charge is 0.287 e. The van der Waals surface area contributed by atoms with Crippen molar-refractivity contribution in [3.8, 4) is 45.0 Å². The number of furan rings is 4. The molecule has 0 fully saturated rings. The SMILES string of the molecule is Cc1c(-c2c3sccc3nc[n+]2C)ccc2c1oc1ccc3ccccc3c12.Cc1cc(-c2ccc3c(oc4ccc5ccccc5c43)c2C)[n+](C)cn1.Cc1csc2c(-c3ccc4c(oc5ccc6ccccc6c54)c3C)[n+](C)cnc12.Cc1sc2c(-c3ccc4c(oc5ccc6ccccc6c54)c3C)[n+](C)cnc2c1C. The number of thiophene rings is 3. The molecule has 0 N–H and O–H groups in total. The van der Waals surface area contributed by atoms with Gasteiger partial charge < -0.3 is 17.7 Å². The molecule has 0 atom stereocenters. The van der Waals surface area contributed by atoms with Crippen LogP contribution in [0, 0.1) is 55.4 Å². The quantitative estimate of drug-likeness (QED) is 0.160. The lowest BCUT2D eigenvalue weighted by Crippen LogP contribution is -2.31. The maximum atomic E-state index is 6.41. The second-order valence-corrected chi connectivity index (χ2v) is 32.9. The maximum absolute atomic E-state index is 6.41. The third kappa shape index (κ3) is 11.1. The third-order valence-electron chi connectivity index (χ3n) is 23.0. The second-order valence-electron chi connectivity index (χ2n) is 29.8. The monoisotopic (exact) mass is 1520 g/mol. The average molecular weight is 1530 g/mol. The minimum atomic E-state index is 0.939. The Kier molecular flexibility index (Phi) is 16.5. The van der Waals surface area contributed by atoms with Crippen molar-refractivity contribution < 1.29 is 35.9 Å². The molecule has 23 rings (SSSR count). The van der Waals surface area contributed by atoms with Crippen LogP contribution in [0.15, 0.2) is 260 Å². The predicted molar refractivity (Wildman–Crippen MR) is 467 cm³/mol. The molecule has 0 saturated heterocycles. The topological polar surface area (TPSA) is 120 Å². The average Bonchev–Trinajstić information content (AvgIpc) is 1.65. The van der Waals surface area contributed by atoms with Gasteiger partial charge in [0.2, 0.25) is 5.52 Å². The molecular weight excluding hydrogens is 1450 g/mol. The van der Waals surface area contributed by atoms with Gasteiger partial charge in [0.05, 0.1) is 28.2 Å². The standard InChI is InChI=1S/C26H21N2OS.C25H19N2OS.C24H17N2OS.C23H19N2O/c1-14-16(3)30-26-23(14)27-13-28(4)24(26)18-10-11-20-22-19-8-6-5-7-17(19)9-12-21(22)29-25(20)15(18)2;1-14-12-29-25-22(14)26-13-27(3)23(25)17-9-10-19-21-18-7-5-4-6-16(18)8-11-20(21)28-24(19)15(17)2;1-14-16(22-24-19(11-12-28-24)25-13-26(22)2)8-9-18-21-17-6-4-3-5-15(17)7-10-20(21)27-23(14)18;1-14-12-20(25(3)13-24-14)17-9-10-19-22-18-7-5-4-6-16(18)8-11-21(22)26-23(19)15(17)2/h5-13H,1-4H3;4-13H,1-3H3;3-13H,1-2H3;4-13H,1-3H3/q4*+1. The van der Waals surface area contributed by atoms with Gasteiger partial charge in [0, 0.05) is 123 Å². The molecule has 546 valence electrons. The molecule has 12 nitrogen and oxygen atoms in total. The largest absolute Gasteiger partial charge is 0.456 e. The zero-order valence-corrected chi connectivity index (χ0v) is 67.0. The highest BCUT2D eigenvalue weighted by atomic mass is 32.1. The summed E-state index contributed by atoms with van der Waals surface area (Å²) in [5.41, 5.74) is 28.4. The van der Waals surface area contributed by atoms with Gasteiger partial charge in [0.15, 0.2) is 33.8 Å². The summed E-state index contributed by atoms with van der Waals surface area (Å²) in [7, 11) is 8.21. The van der Waals surface area contributed by atoms with Crippen LogP contribution >= 0.6 is 34.0 Å². The van der Waals surface area contributed by atoms with Crippen LogP contribution in [0.5, 0.6) is 0 Å². The van der Waals surface area contributed by atoms with Gasteiger partial charge in [-0.05, 0) is 190 Å². The van der Waals surface area contributed by atoms with Crippen LogP contribution in [-0.2, 0) is 28.2 Å². The summed E-state index contributed by atoms with van der Waals surface area (Å²) in [5, 5.41) is 23.7. The number of nitrogens with zero attached hydrogens (tertiary/aromatic N) is 8. The van der Waals surface area contributed by atoms with E-state index in [0.29, 0.717) is 0 Å². The maximum Gasteiger partial charge on any atom is 0.287 e. The van der Waals surface area contributed by atoms with Gasteiger partial charge in [0.1, 0.15) is 64.5 Å². The van der Waals surface area contributed by atoms with E-state index in [1.807, 2.05) is 50.6 Å². The summed E-state index contributed by atoms with van der Waals surface area (Å²) < 4.78 is 37.5. The van der Waals surface area contributed by atoms with E-state index >= 15 is 0 Å². The Morgan fingerprint density at radius 3 is 1.12 bits per heavy atom. The molecule has 0 unspecified atom stereocenters. The van der Waals surface area contributed by atoms with Crippen LogP contribution in [0.25, 0.3) is 207 Å². The Hall–Kier alpha value is -12.9. The number of aryl methyl sites for hydroxylation is 12. The highest BCUT2D eigenvalue weighted by Crippen LogP contribution is 2.46. The van der Waals surface area contributed by atoms with Gasteiger partial charge in [0.25, 0.3) is 25.3 Å². The molecule has 23 aromatic rings. The fourth-order valence-corrected chi connectivity index (χ4v) is 20.4. The number of hydrogen-bond donors (Lipinski definition) is 0. The van der Waals surface area contributed by atoms with Crippen LogP contribution in [0.4, 0.5) is 0 Å². The molecule has 0 bridgehead atoms. The van der Waals surface area contributed by atoms with Crippen molar-refractivity contribution in [2.24, 2.45) is 28.2 Å². The van der Waals surface area contributed by atoms with Crippen molar-refractivity contribution in [2.45, 2.75) is 55.4 Å². The summed E-state index contributed by atoms with van der Waals surface area (Å²) in [6, 6.07) is 72.8. The summed E-state index contributed by atoms with van der Waals surface area (Å²) in [6.07, 6.45) is 7.58. The molecule has 15 heteroatoms. The number of rotatable bonds is 4. The predicted octanol–water partition coefficient (Wildman–Crippen LogP) is 24.6. The van der Waals surface area contributed by atoms with Crippen molar-refractivity contribution in [1.29, 1.82) is 0 Å². The van der Waals surface area contributed by atoms with Crippen molar-refractivity contribution in [2.75, 3.05) is 0 Å². The highest BCUT2D eigenvalue weighted by Gasteiger charge is 2.28. The van der Waals surface area contributed by atoms with Crippen molar-refractivity contribution in [3.05, 3.63) is 286 Å². The Labute approximate surface area is 661 Å². The fraction of sp³-hybridized carbons (Fsp3) is 0.122. The lowest BCUT2D eigenvalue weighted by molar-refractivity contribution is -0.663. The first-order valence-corrected chi connectivity index (χ1v) is 40.5. The van der Waals surface area contributed by atoms with E-state index in [9.17, 15) is 0 Å². The van der Waals surface area contributed by atoms with Gasteiger partial charge >= 0.3 is 0 Å². The molecule has 0 amide bonds. The van der Waals surface area contributed by atoms with Crippen molar-refractivity contribution in [1.82, 2.24) is 19.9 Å². The number of aromatic nitrogens is 8.